The minimum atomic E-state index is 0. The minimum absolute atomic E-state index is 0. The summed E-state index contributed by atoms with van der Waals surface area (Å²) in [7, 11) is 0. The molecular formula is C20H31ClN2O4. The average Bonchev–Trinajstić information content (AvgIpc) is 2.90. The van der Waals surface area contributed by atoms with Crippen LogP contribution in [0, 0.1) is 0 Å². The number of hydrogen-bond donors (Lipinski definition) is 1. The van der Waals surface area contributed by atoms with Gasteiger partial charge in [0.25, 0.3) is 5.91 Å². The molecule has 27 heavy (non-hydrogen) atoms. The Morgan fingerprint density at radius 3 is 2.19 bits per heavy atom. The van der Waals surface area contributed by atoms with Crippen molar-refractivity contribution < 1.29 is 19.0 Å². The van der Waals surface area contributed by atoms with E-state index < -0.39 is 0 Å². The molecule has 2 aliphatic rings. The quantitative estimate of drug-likeness (QED) is 0.763. The van der Waals surface area contributed by atoms with Crippen molar-refractivity contribution in [3.8, 4) is 17.2 Å². The van der Waals surface area contributed by atoms with Gasteiger partial charge in [0, 0.05) is 24.2 Å². The molecule has 7 heteroatoms. The fourth-order valence-electron chi connectivity index (χ4n) is 3.98. The fourth-order valence-corrected chi connectivity index (χ4v) is 3.98. The number of nitrogens with zero attached hydrogens (tertiary/aromatic N) is 1. The van der Waals surface area contributed by atoms with Crippen LogP contribution in [0.5, 0.6) is 17.2 Å². The van der Waals surface area contributed by atoms with Gasteiger partial charge in [0.1, 0.15) is 0 Å². The zero-order chi connectivity index (χ0) is 18.5. The molecule has 0 aliphatic carbocycles. The van der Waals surface area contributed by atoms with Gasteiger partial charge in [-0.3, -0.25) is 4.79 Å². The van der Waals surface area contributed by atoms with Crippen molar-refractivity contribution in [2.45, 2.75) is 52.1 Å². The summed E-state index contributed by atoms with van der Waals surface area (Å²) < 4.78 is 17.3. The molecule has 0 spiro atoms. The number of carbonyl (C=O) groups is 1. The van der Waals surface area contributed by atoms with Gasteiger partial charge in [-0.2, -0.15) is 0 Å². The zero-order valence-corrected chi connectivity index (χ0v) is 17.3. The third-order valence-electron chi connectivity index (χ3n) is 5.04. The molecule has 1 amide bonds. The first kappa shape index (κ1) is 21.6. The van der Waals surface area contributed by atoms with Crippen molar-refractivity contribution in [3.63, 3.8) is 0 Å². The summed E-state index contributed by atoms with van der Waals surface area (Å²) in [5, 5.41) is 3.44. The lowest BCUT2D eigenvalue weighted by Gasteiger charge is -2.28. The van der Waals surface area contributed by atoms with Crippen LogP contribution in [-0.4, -0.2) is 55.8 Å². The molecule has 2 fully saturated rings. The van der Waals surface area contributed by atoms with Gasteiger partial charge in [-0.15, -0.1) is 12.4 Å². The summed E-state index contributed by atoms with van der Waals surface area (Å²) in [4.78, 5) is 15.4. The summed E-state index contributed by atoms with van der Waals surface area (Å²) >= 11 is 0. The van der Waals surface area contributed by atoms with Crippen molar-refractivity contribution in [1.29, 1.82) is 0 Å². The van der Waals surface area contributed by atoms with Crippen LogP contribution >= 0.6 is 12.4 Å². The summed E-state index contributed by atoms with van der Waals surface area (Å²) in [5.74, 6) is 1.78. The van der Waals surface area contributed by atoms with Crippen molar-refractivity contribution in [1.82, 2.24) is 10.2 Å². The van der Waals surface area contributed by atoms with E-state index in [4.69, 9.17) is 14.2 Å². The van der Waals surface area contributed by atoms with E-state index in [2.05, 4.69) is 10.2 Å². The highest BCUT2D eigenvalue weighted by Gasteiger charge is 2.38. The second-order valence-electron chi connectivity index (χ2n) is 6.69. The van der Waals surface area contributed by atoms with Crippen molar-refractivity contribution in [2.75, 3.05) is 32.9 Å². The molecule has 0 saturated carbocycles. The van der Waals surface area contributed by atoms with Gasteiger partial charge in [-0.1, -0.05) is 0 Å². The lowest BCUT2D eigenvalue weighted by atomic mass is 10.1. The first-order valence-corrected chi connectivity index (χ1v) is 9.79. The standard InChI is InChI=1S/C20H30N2O4.ClH/c1-4-24-17-11-14(12-18(25-5-2)19(17)26-6-3)20(23)22-15-7-8-16(22)13-21-10-9-15;/h11-12,15-16,21H,4-10,13H2,1-3H3;1H. The van der Waals surface area contributed by atoms with Gasteiger partial charge in [0.2, 0.25) is 5.75 Å². The Labute approximate surface area is 167 Å². The second-order valence-corrected chi connectivity index (χ2v) is 6.69. The Kier molecular flexibility index (Phi) is 8.05. The monoisotopic (exact) mass is 398 g/mol. The molecule has 1 aromatic carbocycles. The molecule has 2 bridgehead atoms. The smallest absolute Gasteiger partial charge is 0.254 e. The van der Waals surface area contributed by atoms with E-state index in [0.717, 1.165) is 32.4 Å². The van der Waals surface area contributed by atoms with Gasteiger partial charge in [-0.05, 0) is 58.7 Å². The number of rotatable bonds is 7. The fraction of sp³-hybridized carbons (Fsp3) is 0.650. The number of hydrogen-bond acceptors (Lipinski definition) is 5. The zero-order valence-electron chi connectivity index (χ0n) is 16.5. The predicted molar refractivity (Wildman–Crippen MR) is 108 cm³/mol. The highest BCUT2D eigenvalue weighted by atomic mass is 35.5. The summed E-state index contributed by atoms with van der Waals surface area (Å²) in [6.07, 6.45) is 3.17. The lowest BCUT2D eigenvalue weighted by molar-refractivity contribution is 0.0679. The molecule has 1 N–H and O–H groups in total. The number of fused-ring (bicyclic) bond motifs is 2. The largest absolute Gasteiger partial charge is 0.490 e. The van der Waals surface area contributed by atoms with Crippen LogP contribution in [-0.2, 0) is 0 Å². The van der Waals surface area contributed by atoms with Gasteiger partial charge < -0.3 is 24.4 Å². The number of amides is 1. The maximum Gasteiger partial charge on any atom is 0.254 e. The molecule has 0 radical (unpaired) electrons. The molecule has 3 rings (SSSR count). The molecule has 2 heterocycles. The van der Waals surface area contributed by atoms with Crippen LogP contribution in [0.15, 0.2) is 12.1 Å². The summed E-state index contributed by atoms with van der Waals surface area (Å²) in [6.45, 7) is 9.13. The van der Waals surface area contributed by atoms with Gasteiger partial charge in [0.15, 0.2) is 11.5 Å². The third-order valence-corrected chi connectivity index (χ3v) is 5.04. The molecular weight excluding hydrogens is 368 g/mol. The first-order valence-electron chi connectivity index (χ1n) is 9.79. The predicted octanol–water partition coefficient (Wildman–Crippen LogP) is 3.27. The van der Waals surface area contributed by atoms with E-state index in [1.54, 1.807) is 12.1 Å². The molecule has 1 aromatic rings. The number of ether oxygens (including phenoxy) is 3. The number of nitrogens with one attached hydrogen (secondary N) is 1. The van der Waals surface area contributed by atoms with E-state index in [0.29, 0.717) is 48.7 Å². The third kappa shape index (κ3) is 4.61. The van der Waals surface area contributed by atoms with Crippen LogP contribution in [0.1, 0.15) is 50.4 Å². The molecule has 2 unspecified atom stereocenters. The van der Waals surface area contributed by atoms with E-state index in [-0.39, 0.29) is 24.4 Å². The van der Waals surface area contributed by atoms with Crippen molar-refractivity contribution in [2.24, 2.45) is 0 Å². The Hall–Kier alpha value is -1.66. The Balaban J connectivity index is 0.00000261. The van der Waals surface area contributed by atoms with Crippen LogP contribution < -0.4 is 19.5 Å². The van der Waals surface area contributed by atoms with E-state index >= 15 is 0 Å². The van der Waals surface area contributed by atoms with Crippen LogP contribution in [0.2, 0.25) is 0 Å². The van der Waals surface area contributed by atoms with E-state index in [9.17, 15) is 4.79 Å². The number of halogens is 1. The molecule has 152 valence electrons. The van der Waals surface area contributed by atoms with Crippen LogP contribution in [0.25, 0.3) is 0 Å². The maximum atomic E-state index is 13.3. The SMILES string of the molecule is CCOc1cc(C(=O)N2C3CCNCC2CC3)cc(OCC)c1OCC.Cl. The van der Waals surface area contributed by atoms with Crippen LogP contribution in [0.3, 0.4) is 0 Å². The second kappa shape index (κ2) is 10.0. The molecule has 2 saturated heterocycles. The van der Waals surface area contributed by atoms with E-state index in [1.807, 2.05) is 20.8 Å². The van der Waals surface area contributed by atoms with E-state index in [1.165, 1.54) is 0 Å². The minimum Gasteiger partial charge on any atom is -0.490 e. The van der Waals surface area contributed by atoms with Crippen molar-refractivity contribution >= 4 is 18.3 Å². The molecule has 0 aromatic heterocycles. The summed E-state index contributed by atoms with van der Waals surface area (Å²) in [6, 6.07) is 4.20. The Morgan fingerprint density at radius 1 is 1.00 bits per heavy atom. The average molecular weight is 399 g/mol. The Bertz CT molecular complexity index is 599. The van der Waals surface area contributed by atoms with Crippen LogP contribution in [0.4, 0.5) is 0 Å². The highest BCUT2D eigenvalue weighted by molar-refractivity contribution is 5.96. The number of benzene rings is 1. The highest BCUT2D eigenvalue weighted by Crippen LogP contribution is 2.40. The first-order chi connectivity index (χ1) is 12.7. The topological polar surface area (TPSA) is 60.0 Å². The molecule has 6 nitrogen and oxygen atoms in total. The van der Waals surface area contributed by atoms with Gasteiger partial charge >= 0.3 is 0 Å². The lowest BCUT2D eigenvalue weighted by Crippen LogP contribution is -2.42. The normalized spacial score (nSPS) is 21.2. The summed E-state index contributed by atoms with van der Waals surface area (Å²) in [5.41, 5.74) is 0.610. The van der Waals surface area contributed by atoms with Gasteiger partial charge in [-0.25, -0.2) is 0 Å². The molecule has 2 atom stereocenters. The maximum absolute atomic E-state index is 13.3. The van der Waals surface area contributed by atoms with Crippen molar-refractivity contribution in [3.05, 3.63) is 17.7 Å². The van der Waals surface area contributed by atoms with Gasteiger partial charge in [0.05, 0.1) is 19.8 Å². The Morgan fingerprint density at radius 2 is 1.59 bits per heavy atom. The number of carbonyl (C=O) groups excluding carboxylic acids is 1. The molecule has 2 aliphatic heterocycles.